The minimum absolute atomic E-state index is 0.444. The number of pyridine rings is 1. The van der Waals surface area contributed by atoms with E-state index in [4.69, 9.17) is 24.5 Å². The minimum atomic E-state index is -0.493. The van der Waals surface area contributed by atoms with Gasteiger partial charge in [-0.05, 0) is 63.0 Å². The van der Waals surface area contributed by atoms with Crippen LogP contribution in [0.3, 0.4) is 0 Å². The summed E-state index contributed by atoms with van der Waals surface area (Å²) < 4.78 is 12.9. The second kappa shape index (κ2) is 9.84. The first-order chi connectivity index (χ1) is 21.3. The van der Waals surface area contributed by atoms with Gasteiger partial charge in [-0.25, -0.2) is 4.98 Å². The molecule has 7 aromatic rings. The van der Waals surface area contributed by atoms with E-state index in [1.165, 1.54) is 0 Å². The SMILES string of the molecule is CC1(C)OB(c2ccc3nc(-c4ccccc4)c4cc(-c5ccccc5)c5nn(-c6ccccc6)nc5c4c3c2)OC1(C)C. The topological polar surface area (TPSA) is 62.1 Å². The molecule has 0 radical (unpaired) electrons. The second-order valence-electron chi connectivity index (χ2n) is 12.4. The number of hydrogen-bond donors (Lipinski definition) is 0. The summed E-state index contributed by atoms with van der Waals surface area (Å²) in [5.74, 6) is 0. The van der Waals surface area contributed by atoms with Gasteiger partial charge in [0.05, 0.1) is 28.1 Å². The van der Waals surface area contributed by atoms with Crippen molar-refractivity contribution >= 4 is 45.3 Å². The fraction of sp³-hybridized carbons (Fsp3) is 0.162. The maximum atomic E-state index is 6.46. The minimum Gasteiger partial charge on any atom is -0.399 e. The molecule has 1 saturated heterocycles. The average molecular weight is 574 g/mol. The Labute approximate surface area is 256 Å². The van der Waals surface area contributed by atoms with Gasteiger partial charge < -0.3 is 9.31 Å². The molecule has 1 aliphatic heterocycles. The van der Waals surface area contributed by atoms with Gasteiger partial charge in [0.2, 0.25) is 0 Å². The summed E-state index contributed by atoms with van der Waals surface area (Å²) in [4.78, 5) is 7.01. The van der Waals surface area contributed by atoms with E-state index in [2.05, 4.69) is 100 Å². The molecular weight excluding hydrogens is 543 g/mol. The van der Waals surface area contributed by atoms with E-state index < -0.39 is 18.3 Å². The molecule has 0 unspecified atom stereocenters. The Morgan fingerprint density at radius 2 is 1.20 bits per heavy atom. The lowest BCUT2D eigenvalue weighted by molar-refractivity contribution is 0.00578. The molecular formula is C37H31BN4O2. The fourth-order valence-corrected chi connectivity index (χ4v) is 6.02. The lowest BCUT2D eigenvalue weighted by Crippen LogP contribution is -2.41. The van der Waals surface area contributed by atoms with E-state index in [0.29, 0.717) is 0 Å². The van der Waals surface area contributed by atoms with Crippen molar-refractivity contribution in [2.75, 3.05) is 0 Å². The van der Waals surface area contributed by atoms with Gasteiger partial charge in [0.25, 0.3) is 0 Å². The fourth-order valence-electron chi connectivity index (χ4n) is 6.02. The number of nitrogens with zero attached hydrogens (tertiary/aromatic N) is 4. The normalized spacial score (nSPS) is 15.9. The standard InChI is InChI=1S/C37H31BN4O2/c1-36(2)37(3,4)44-38(43-36)26-20-21-31-29(22-26)32-30(33(39-31)25-16-10-6-11-17-25)23-28(24-14-8-5-9-15-24)34-35(32)41-42(40-34)27-18-12-7-13-19-27/h5-23H,1-4H3. The van der Waals surface area contributed by atoms with E-state index in [1.54, 1.807) is 4.80 Å². The van der Waals surface area contributed by atoms with Crippen molar-refractivity contribution in [2.24, 2.45) is 0 Å². The van der Waals surface area contributed by atoms with Gasteiger partial charge in [0, 0.05) is 27.3 Å². The average Bonchev–Trinajstić information content (AvgIpc) is 3.59. The molecule has 5 aromatic carbocycles. The Balaban J connectivity index is 1.48. The van der Waals surface area contributed by atoms with Crippen LogP contribution in [-0.2, 0) is 9.31 Å². The monoisotopic (exact) mass is 574 g/mol. The maximum Gasteiger partial charge on any atom is 0.494 e. The number of fused-ring (bicyclic) bond motifs is 5. The van der Waals surface area contributed by atoms with Crippen molar-refractivity contribution in [1.29, 1.82) is 0 Å². The zero-order valence-electron chi connectivity index (χ0n) is 25.2. The van der Waals surface area contributed by atoms with Gasteiger partial charge in [-0.1, -0.05) is 91.0 Å². The van der Waals surface area contributed by atoms with Crippen LogP contribution >= 0.6 is 0 Å². The zero-order chi connectivity index (χ0) is 30.1. The smallest absolute Gasteiger partial charge is 0.399 e. The van der Waals surface area contributed by atoms with Gasteiger partial charge in [0.15, 0.2) is 0 Å². The quantitative estimate of drug-likeness (QED) is 0.159. The molecule has 1 aliphatic rings. The highest BCUT2D eigenvalue weighted by atomic mass is 16.7. The Morgan fingerprint density at radius 1 is 0.614 bits per heavy atom. The molecule has 3 heterocycles. The van der Waals surface area contributed by atoms with Crippen molar-refractivity contribution in [3.63, 3.8) is 0 Å². The number of rotatable bonds is 4. The second-order valence-corrected chi connectivity index (χ2v) is 12.4. The molecule has 0 atom stereocenters. The first kappa shape index (κ1) is 26.8. The summed E-state index contributed by atoms with van der Waals surface area (Å²) in [6.45, 7) is 8.31. The molecule has 214 valence electrons. The van der Waals surface area contributed by atoms with Crippen LogP contribution in [0.4, 0.5) is 0 Å². The van der Waals surface area contributed by atoms with Gasteiger partial charge in [0.1, 0.15) is 11.0 Å². The molecule has 0 aliphatic carbocycles. The lowest BCUT2D eigenvalue weighted by Gasteiger charge is -2.32. The molecule has 0 bridgehead atoms. The molecule has 2 aromatic heterocycles. The van der Waals surface area contributed by atoms with E-state index in [1.807, 2.05) is 42.5 Å². The van der Waals surface area contributed by atoms with Crippen molar-refractivity contribution in [2.45, 2.75) is 38.9 Å². The van der Waals surface area contributed by atoms with Crippen LogP contribution in [0.1, 0.15) is 27.7 Å². The Morgan fingerprint density at radius 3 is 1.86 bits per heavy atom. The van der Waals surface area contributed by atoms with E-state index in [9.17, 15) is 0 Å². The van der Waals surface area contributed by atoms with Gasteiger partial charge >= 0.3 is 7.12 Å². The summed E-state index contributed by atoms with van der Waals surface area (Å²) >= 11 is 0. The van der Waals surface area contributed by atoms with Crippen LogP contribution in [0.5, 0.6) is 0 Å². The third-order valence-corrected chi connectivity index (χ3v) is 9.09. The lowest BCUT2D eigenvalue weighted by atomic mass is 9.78. The Kier molecular flexibility index (Phi) is 5.99. The van der Waals surface area contributed by atoms with Gasteiger partial charge in [-0.15, -0.1) is 10.2 Å². The van der Waals surface area contributed by atoms with Gasteiger partial charge in [-0.2, -0.15) is 4.80 Å². The van der Waals surface area contributed by atoms with Crippen LogP contribution < -0.4 is 5.46 Å². The Hall–Kier alpha value is -4.85. The molecule has 0 amide bonds. The van der Waals surface area contributed by atoms with E-state index in [0.717, 1.165) is 66.2 Å². The number of aromatic nitrogens is 4. The third-order valence-electron chi connectivity index (χ3n) is 9.09. The maximum absolute atomic E-state index is 6.46. The van der Waals surface area contributed by atoms with E-state index >= 15 is 0 Å². The van der Waals surface area contributed by atoms with Crippen LogP contribution in [0.25, 0.3) is 60.8 Å². The Bertz CT molecular complexity index is 2160. The first-order valence-electron chi connectivity index (χ1n) is 15.0. The summed E-state index contributed by atoms with van der Waals surface area (Å²) in [5.41, 5.74) is 7.52. The highest BCUT2D eigenvalue weighted by Crippen LogP contribution is 2.41. The first-order valence-corrected chi connectivity index (χ1v) is 15.0. The van der Waals surface area contributed by atoms with Crippen LogP contribution in [-0.4, -0.2) is 38.3 Å². The summed E-state index contributed by atoms with van der Waals surface area (Å²) in [6, 6.07) is 39.3. The van der Waals surface area contributed by atoms with Crippen LogP contribution in [0.15, 0.2) is 115 Å². The molecule has 44 heavy (non-hydrogen) atoms. The molecule has 7 heteroatoms. The molecule has 6 nitrogen and oxygen atoms in total. The van der Waals surface area contributed by atoms with Crippen LogP contribution in [0, 0.1) is 0 Å². The van der Waals surface area contributed by atoms with Crippen molar-refractivity contribution < 1.29 is 9.31 Å². The summed E-state index contributed by atoms with van der Waals surface area (Å²) in [7, 11) is -0.493. The van der Waals surface area contributed by atoms with Gasteiger partial charge in [-0.3, -0.25) is 0 Å². The van der Waals surface area contributed by atoms with Crippen molar-refractivity contribution in [1.82, 2.24) is 20.0 Å². The zero-order valence-corrected chi connectivity index (χ0v) is 25.2. The highest BCUT2D eigenvalue weighted by Gasteiger charge is 2.51. The molecule has 0 N–H and O–H groups in total. The number of benzene rings is 5. The molecule has 0 saturated carbocycles. The molecule has 1 fully saturated rings. The predicted octanol–water partition coefficient (Wildman–Crippen LogP) is 7.76. The largest absolute Gasteiger partial charge is 0.494 e. The third kappa shape index (κ3) is 4.23. The highest BCUT2D eigenvalue weighted by molar-refractivity contribution is 6.62. The molecule has 8 rings (SSSR count). The summed E-state index contributed by atoms with van der Waals surface area (Å²) in [5, 5.41) is 13.3. The van der Waals surface area contributed by atoms with Crippen molar-refractivity contribution in [3.8, 4) is 28.1 Å². The number of para-hydroxylation sites is 1. The van der Waals surface area contributed by atoms with Crippen molar-refractivity contribution in [3.05, 3.63) is 115 Å². The van der Waals surface area contributed by atoms with Crippen LogP contribution in [0.2, 0.25) is 0 Å². The number of hydrogen-bond acceptors (Lipinski definition) is 5. The predicted molar refractivity (Wildman–Crippen MR) is 178 cm³/mol. The molecule has 0 spiro atoms. The summed E-state index contributed by atoms with van der Waals surface area (Å²) in [6.07, 6.45) is 0. The van der Waals surface area contributed by atoms with E-state index in [-0.39, 0.29) is 0 Å².